The minimum atomic E-state index is -1.12. The molecule has 1 aromatic rings. The molecule has 2 N–H and O–H groups in total. The van der Waals surface area contributed by atoms with E-state index in [9.17, 15) is 9.59 Å². The van der Waals surface area contributed by atoms with Gasteiger partial charge in [0.2, 0.25) is 5.91 Å². The summed E-state index contributed by atoms with van der Waals surface area (Å²) in [4.78, 5) is 27.7. The molecule has 6 heteroatoms. The van der Waals surface area contributed by atoms with E-state index < -0.39 is 5.97 Å². The fraction of sp³-hybridized carbons (Fsp3) is 0.300. The maximum atomic E-state index is 11.4. The number of nitrogens with zero attached hydrogens (tertiary/aromatic N) is 2. The lowest BCUT2D eigenvalue weighted by atomic mass is 10.2. The van der Waals surface area contributed by atoms with Crippen molar-refractivity contribution in [3.63, 3.8) is 0 Å². The van der Waals surface area contributed by atoms with Gasteiger partial charge in [0, 0.05) is 6.20 Å². The molecule has 0 aliphatic rings. The second kappa shape index (κ2) is 5.22. The van der Waals surface area contributed by atoms with Crippen LogP contribution >= 0.6 is 0 Å². The zero-order chi connectivity index (χ0) is 12.1. The molecule has 0 saturated carbocycles. The summed E-state index contributed by atoms with van der Waals surface area (Å²) in [6.07, 6.45) is 1.43. The van der Waals surface area contributed by atoms with Crippen molar-refractivity contribution in [3.8, 4) is 0 Å². The van der Waals surface area contributed by atoms with E-state index in [4.69, 9.17) is 5.11 Å². The molecular formula is C10H13N3O3. The first-order valence-electron chi connectivity index (χ1n) is 4.63. The van der Waals surface area contributed by atoms with Crippen molar-refractivity contribution in [2.24, 2.45) is 0 Å². The highest BCUT2D eigenvalue weighted by molar-refractivity contribution is 5.99. The van der Waals surface area contributed by atoms with E-state index >= 15 is 0 Å². The Balaban J connectivity index is 2.81. The van der Waals surface area contributed by atoms with Gasteiger partial charge in [-0.25, -0.2) is 9.78 Å². The number of carboxylic acids is 1. The number of aromatic carboxylic acids is 1. The van der Waals surface area contributed by atoms with Crippen LogP contribution in [-0.4, -0.2) is 47.5 Å². The number of pyridine rings is 1. The predicted molar refractivity (Wildman–Crippen MR) is 58.4 cm³/mol. The van der Waals surface area contributed by atoms with Gasteiger partial charge in [-0.3, -0.25) is 4.79 Å². The molecule has 1 amide bonds. The molecule has 0 bridgehead atoms. The lowest BCUT2D eigenvalue weighted by Gasteiger charge is -2.10. The quantitative estimate of drug-likeness (QED) is 0.766. The van der Waals surface area contributed by atoms with Gasteiger partial charge >= 0.3 is 5.97 Å². The van der Waals surface area contributed by atoms with Crippen LogP contribution in [0.4, 0.5) is 5.82 Å². The van der Waals surface area contributed by atoms with Gasteiger partial charge in [0.05, 0.1) is 6.54 Å². The molecule has 0 unspecified atom stereocenters. The first-order chi connectivity index (χ1) is 7.50. The predicted octanol–water partition coefficient (Wildman–Crippen LogP) is 0.280. The van der Waals surface area contributed by atoms with Gasteiger partial charge in [-0.15, -0.1) is 0 Å². The molecule has 0 aliphatic heterocycles. The van der Waals surface area contributed by atoms with Crippen LogP contribution in [0.1, 0.15) is 10.4 Å². The number of carboxylic acid groups (broad SMARTS) is 1. The highest BCUT2D eigenvalue weighted by Gasteiger charge is 2.13. The molecular weight excluding hydrogens is 210 g/mol. The van der Waals surface area contributed by atoms with E-state index in [1.54, 1.807) is 19.0 Å². The third-order valence-corrected chi connectivity index (χ3v) is 1.76. The first-order valence-corrected chi connectivity index (χ1v) is 4.63. The number of aromatic nitrogens is 1. The number of anilines is 1. The molecule has 16 heavy (non-hydrogen) atoms. The SMILES string of the molecule is CN(C)CC(=O)Nc1ncccc1C(=O)O. The second-order valence-electron chi connectivity index (χ2n) is 3.49. The van der Waals surface area contributed by atoms with E-state index in [2.05, 4.69) is 10.3 Å². The Morgan fingerprint density at radius 2 is 2.19 bits per heavy atom. The highest BCUT2D eigenvalue weighted by Crippen LogP contribution is 2.10. The molecule has 1 rings (SSSR count). The minimum Gasteiger partial charge on any atom is -0.478 e. The van der Waals surface area contributed by atoms with Crippen LogP contribution in [0.25, 0.3) is 0 Å². The summed E-state index contributed by atoms with van der Waals surface area (Å²) >= 11 is 0. The van der Waals surface area contributed by atoms with E-state index in [0.717, 1.165) is 0 Å². The van der Waals surface area contributed by atoms with E-state index in [1.165, 1.54) is 18.3 Å². The number of nitrogens with one attached hydrogen (secondary N) is 1. The third-order valence-electron chi connectivity index (χ3n) is 1.76. The highest BCUT2D eigenvalue weighted by atomic mass is 16.4. The van der Waals surface area contributed by atoms with Gasteiger partial charge in [-0.1, -0.05) is 0 Å². The zero-order valence-electron chi connectivity index (χ0n) is 9.10. The van der Waals surface area contributed by atoms with Crippen molar-refractivity contribution in [3.05, 3.63) is 23.9 Å². The Labute approximate surface area is 92.9 Å². The summed E-state index contributed by atoms with van der Waals surface area (Å²) in [5, 5.41) is 11.3. The zero-order valence-corrected chi connectivity index (χ0v) is 9.10. The van der Waals surface area contributed by atoms with Crippen LogP contribution in [0.2, 0.25) is 0 Å². The Kier molecular flexibility index (Phi) is 3.96. The van der Waals surface area contributed by atoms with E-state index in [-0.39, 0.29) is 23.8 Å². The van der Waals surface area contributed by atoms with Crippen molar-refractivity contribution in [1.82, 2.24) is 9.88 Å². The average molecular weight is 223 g/mol. The molecule has 0 radical (unpaired) electrons. The number of hydrogen-bond donors (Lipinski definition) is 2. The molecule has 0 spiro atoms. The number of hydrogen-bond acceptors (Lipinski definition) is 4. The Morgan fingerprint density at radius 3 is 2.75 bits per heavy atom. The van der Waals surface area contributed by atoms with E-state index in [1.807, 2.05) is 0 Å². The molecule has 1 heterocycles. The maximum Gasteiger partial charge on any atom is 0.339 e. The lowest BCUT2D eigenvalue weighted by molar-refractivity contribution is -0.116. The Hall–Kier alpha value is -1.95. The molecule has 0 atom stereocenters. The van der Waals surface area contributed by atoms with Crippen molar-refractivity contribution in [1.29, 1.82) is 0 Å². The molecule has 86 valence electrons. The normalized spacial score (nSPS) is 10.2. The topological polar surface area (TPSA) is 82.5 Å². The number of amides is 1. The van der Waals surface area contributed by atoms with Crippen LogP contribution < -0.4 is 5.32 Å². The van der Waals surface area contributed by atoms with Crippen molar-refractivity contribution in [2.45, 2.75) is 0 Å². The van der Waals surface area contributed by atoms with Crippen molar-refractivity contribution < 1.29 is 14.7 Å². The van der Waals surface area contributed by atoms with Gasteiger partial charge in [-0.2, -0.15) is 0 Å². The summed E-state index contributed by atoms with van der Waals surface area (Å²) in [6.45, 7) is 0.176. The number of likely N-dealkylation sites (N-methyl/N-ethyl adjacent to an activating group) is 1. The molecule has 0 saturated heterocycles. The van der Waals surface area contributed by atoms with Crippen LogP contribution in [-0.2, 0) is 4.79 Å². The summed E-state index contributed by atoms with van der Waals surface area (Å²) in [5.74, 6) is -1.35. The smallest absolute Gasteiger partial charge is 0.339 e. The van der Waals surface area contributed by atoms with Gasteiger partial charge in [-0.05, 0) is 26.2 Å². The number of rotatable bonds is 4. The Morgan fingerprint density at radius 1 is 1.50 bits per heavy atom. The minimum absolute atomic E-state index is 0.0189. The average Bonchev–Trinajstić information content (AvgIpc) is 2.16. The Bertz CT molecular complexity index is 404. The summed E-state index contributed by atoms with van der Waals surface area (Å²) in [5.41, 5.74) is -0.0189. The summed E-state index contributed by atoms with van der Waals surface area (Å²) in [6, 6.07) is 2.89. The monoisotopic (exact) mass is 223 g/mol. The summed E-state index contributed by atoms with van der Waals surface area (Å²) < 4.78 is 0. The second-order valence-corrected chi connectivity index (χ2v) is 3.49. The fourth-order valence-electron chi connectivity index (χ4n) is 1.14. The standard InChI is InChI=1S/C10H13N3O3/c1-13(2)6-8(14)12-9-7(10(15)16)4-3-5-11-9/h3-5H,6H2,1-2H3,(H,15,16)(H,11,12,14). The van der Waals surface area contributed by atoms with Crippen LogP contribution in [0.15, 0.2) is 18.3 Å². The van der Waals surface area contributed by atoms with Gasteiger partial charge in [0.1, 0.15) is 11.4 Å². The fourth-order valence-corrected chi connectivity index (χ4v) is 1.14. The number of carbonyl (C=O) groups is 2. The van der Waals surface area contributed by atoms with Crippen molar-refractivity contribution in [2.75, 3.05) is 26.0 Å². The molecule has 0 aliphatic carbocycles. The molecule has 1 aromatic heterocycles. The summed E-state index contributed by atoms with van der Waals surface area (Å²) in [7, 11) is 3.49. The largest absolute Gasteiger partial charge is 0.478 e. The van der Waals surface area contributed by atoms with Crippen LogP contribution in [0.5, 0.6) is 0 Å². The van der Waals surface area contributed by atoms with Gasteiger partial charge in [0.15, 0.2) is 0 Å². The molecule has 0 aromatic carbocycles. The number of carbonyl (C=O) groups excluding carboxylic acids is 1. The first kappa shape index (κ1) is 12.1. The third kappa shape index (κ3) is 3.32. The van der Waals surface area contributed by atoms with Crippen LogP contribution in [0, 0.1) is 0 Å². The van der Waals surface area contributed by atoms with E-state index in [0.29, 0.717) is 0 Å². The molecule has 6 nitrogen and oxygen atoms in total. The van der Waals surface area contributed by atoms with Gasteiger partial charge < -0.3 is 15.3 Å². The van der Waals surface area contributed by atoms with Gasteiger partial charge in [0.25, 0.3) is 0 Å². The lowest BCUT2D eigenvalue weighted by Crippen LogP contribution is -2.28. The molecule has 0 fully saturated rings. The van der Waals surface area contributed by atoms with Crippen LogP contribution in [0.3, 0.4) is 0 Å². The van der Waals surface area contributed by atoms with Crippen molar-refractivity contribution >= 4 is 17.7 Å². The maximum absolute atomic E-state index is 11.4.